The predicted octanol–water partition coefficient (Wildman–Crippen LogP) is 3.34. The van der Waals surface area contributed by atoms with Crippen molar-refractivity contribution in [2.45, 2.75) is 50.7 Å². The third kappa shape index (κ3) is 5.64. The van der Waals surface area contributed by atoms with Crippen molar-refractivity contribution in [1.29, 1.82) is 0 Å². The molecule has 2 aliphatic rings. The second kappa shape index (κ2) is 10.3. The fraction of sp³-hybridized carbons (Fsp3) is 0.571. The smallest absolute Gasteiger partial charge is 0.191 e. The summed E-state index contributed by atoms with van der Waals surface area (Å²) in [5.41, 5.74) is 1.43. The molecule has 1 unspecified atom stereocenters. The first kappa shape index (κ1) is 23.3. The normalized spacial score (nSPS) is 20.0. The highest BCUT2D eigenvalue weighted by Gasteiger charge is 2.44. The summed E-state index contributed by atoms with van der Waals surface area (Å²) in [4.78, 5) is 4.76. The van der Waals surface area contributed by atoms with Gasteiger partial charge in [0.25, 0.3) is 0 Å². The summed E-state index contributed by atoms with van der Waals surface area (Å²) in [6, 6.07) is 8.20. The van der Waals surface area contributed by atoms with E-state index in [0.717, 1.165) is 68.0 Å². The van der Waals surface area contributed by atoms with Crippen LogP contribution in [0, 0.1) is 6.92 Å². The van der Waals surface area contributed by atoms with Crippen molar-refractivity contribution in [1.82, 2.24) is 25.4 Å². The fourth-order valence-electron chi connectivity index (χ4n) is 3.72. The summed E-state index contributed by atoms with van der Waals surface area (Å²) in [5, 5.41) is 16.1. The quantitative estimate of drug-likeness (QED) is 0.318. The van der Waals surface area contributed by atoms with Crippen LogP contribution in [0.25, 0.3) is 0 Å². The van der Waals surface area contributed by atoms with Crippen LogP contribution >= 0.6 is 35.6 Å². The molecule has 2 aromatic rings. The summed E-state index contributed by atoms with van der Waals surface area (Å²) in [7, 11) is 1.96. The van der Waals surface area contributed by atoms with Crippen LogP contribution in [-0.2, 0) is 23.7 Å². The Morgan fingerprint density at radius 3 is 2.80 bits per heavy atom. The molecule has 1 atom stereocenters. The molecule has 2 heterocycles. The standard InChI is InChI=1S/C21H29ClN6O.HI/c1-15-26-27-19(28(15)2)13-24-20(23-12-18-7-4-10-29-18)25-14-21(8-9-21)16-5-3-6-17(22)11-16;/h3,5-6,11,18H,4,7-10,12-14H2,1-2H3,(H2,23,24,25);1H. The average molecular weight is 545 g/mol. The van der Waals surface area contributed by atoms with E-state index in [4.69, 9.17) is 21.3 Å². The third-order valence-corrected chi connectivity index (χ3v) is 6.20. The predicted molar refractivity (Wildman–Crippen MR) is 130 cm³/mol. The van der Waals surface area contributed by atoms with Gasteiger partial charge in [0.05, 0.1) is 6.10 Å². The third-order valence-electron chi connectivity index (χ3n) is 5.97. The molecule has 1 aromatic heterocycles. The zero-order valence-electron chi connectivity index (χ0n) is 17.5. The highest BCUT2D eigenvalue weighted by atomic mass is 127. The molecule has 0 spiro atoms. The van der Waals surface area contributed by atoms with Crippen molar-refractivity contribution < 1.29 is 4.74 Å². The Morgan fingerprint density at radius 1 is 1.33 bits per heavy atom. The molecule has 30 heavy (non-hydrogen) atoms. The highest BCUT2D eigenvalue weighted by molar-refractivity contribution is 14.0. The monoisotopic (exact) mass is 544 g/mol. The van der Waals surface area contributed by atoms with Gasteiger partial charge in [-0.25, -0.2) is 4.99 Å². The Bertz CT molecular complexity index is 876. The molecule has 1 aromatic carbocycles. The van der Waals surface area contributed by atoms with E-state index in [-0.39, 0.29) is 35.5 Å². The van der Waals surface area contributed by atoms with E-state index in [1.807, 2.05) is 30.7 Å². The van der Waals surface area contributed by atoms with E-state index >= 15 is 0 Å². The van der Waals surface area contributed by atoms with E-state index in [1.54, 1.807) is 0 Å². The van der Waals surface area contributed by atoms with Gasteiger partial charge < -0.3 is 19.9 Å². The number of aromatic nitrogens is 3. The van der Waals surface area contributed by atoms with E-state index in [0.29, 0.717) is 6.54 Å². The number of rotatable bonds is 7. The number of hydrogen-bond donors (Lipinski definition) is 2. The van der Waals surface area contributed by atoms with Gasteiger partial charge in [-0.05, 0) is 50.3 Å². The molecule has 2 fully saturated rings. The Morgan fingerprint density at radius 2 is 2.17 bits per heavy atom. The summed E-state index contributed by atoms with van der Waals surface area (Å²) >= 11 is 6.21. The Kier molecular flexibility index (Phi) is 7.98. The van der Waals surface area contributed by atoms with E-state index in [9.17, 15) is 0 Å². The average Bonchev–Trinajstić information content (AvgIpc) is 3.20. The maximum absolute atomic E-state index is 6.21. The molecule has 1 aliphatic carbocycles. The van der Waals surface area contributed by atoms with Gasteiger partial charge in [-0.2, -0.15) is 0 Å². The van der Waals surface area contributed by atoms with Crippen LogP contribution < -0.4 is 10.6 Å². The molecule has 1 aliphatic heterocycles. The number of aliphatic imine (C=N–C) groups is 1. The van der Waals surface area contributed by atoms with E-state index in [2.05, 4.69) is 33.0 Å². The molecule has 9 heteroatoms. The number of aryl methyl sites for hydroxylation is 1. The van der Waals surface area contributed by atoms with Crippen LogP contribution in [0.2, 0.25) is 5.02 Å². The van der Waals surface area contributed by atoms with Crippen LogP contribution in [0.1, 0.15) is 42.9 Å². The van der Waals surface area contributed by atoms with Crippen LogP contribution in [-0.4, -0.2) is 46.5 Å². The van der Waals surface area contributed by atoms with Gasteiger partial charge >= 0.3 is 0 Å². The zero-order chi connectivity index (χ0) is 20.3. The molecule has 0 amide bonds. The minimum Gasteiger partial charge on any atom is -0.376 e. The maximum atomic E-state index is 6.21. The van der Waals surface area contributed by atoms with Crippen molar-refractivity contribution in [2.75, 3.05) is 19.7 Å². The molecule has 0 radical (unpaired) electrons. The lowest BCUT2D eigenvalue weighted by Gasteiger charge is -2.20. The molecule has 2 N–H and O–H groups in total. The number of halogens is 2. The summed E-state index contributed by atoms with van der Waals surface area (Å²) in [6.07, 6.45) is 4.78. The van der Waals surface area contributed by atoms with Gasteiger partial charge in [-0.15, -0.1) is 34.2 Å². The molecule has 164 valence electrons. The number of ether oxygens (including phenoxy) is 1. The highest BCUT2D eigenvalue weighted by Crippen LogP contribution is 2.48. The van der Waals surface area contributed by atoms with Gasteiger partial charge in [0.1, 0.15) is 12.4 Å². The molecule has 0 bridgehead atoms. The Hall–Kier alpha value is -1.39. The number of nitrogens with zero attached hydrogens (tertiary/aromatic N) is 4. The molecule has 1 saturated carbocycles. The molecule has 1 saturated heterocycles. The van der Waals surface area contributed by atoms with Gasteiger partial charge in [-0.1, -0.05) is 23.7 Å². The van der Waals surface area contributed by atoms with Gasteiger partial charge in [0.15, 0.2) is 11.8 Å². The van der Waals surface area contributed by atoms with Gasteiger partial charge in [0, 0.05) is 37.2 Å². The largest absolute Gasteiger partial charge is 0.376 e. The van der Waals surface area contributed by atoms with Gasteiger partial charge in [-0.3, -0.25) is 0 Å². The zero-order valence-corrected chi connectivity index (χ0v) is 20.6. The first-order chi connectivity index (χ1) is 14.1. The van der Waals surface area contributed by atoms with Crippen molar-refractivity contribution in [3.05, 3.63) is 46.5 Å². The van der Waals surface area contributed by atoms with Crippen molar-refractivity contribution in [3.8, 4) is 0 Å². The number of hydrogen-bond acceptors (Lipinski definition) is 4. The summed E-state index contributed by atoms with van der Waals surface area (Å²) < 4.78 is 7.71. The second-order valence-corrected chi connectivity index (χ2v) is 8.48. The Labute approximate surface area is 200 Å². The lowest BCUT2D eigenvalue weighted by molar-refractivity contribution is 0.113. The van der Waals surface area contributed by atoms with Crippen LogP contribution in [0.15, 0.2) is 29.3 Å². The molecule has 4 rings (SSSR count). The van der Waals surface area contributed by atoms with Crippen molar-refractivity contribution in [2.24, 2.45) is 12.0 Å². The van der Waals surface area contributed by atoms with Crippen LogP contribution in [0.4, 0.5) is 0 Å². The number of nitrogens with one attached hydrogen (secondary N) is 2. The minimum absolute atomic E-state index is 0. The summed E-state index contributed by atoms with van der Waals surface area (Å²) in [5.74, 6) is 2.51. The molecular weight excluding hydrogens is 515 g/mol. The molecule has 7 nitrogen and oxygen atoms in total. The number of benzene rings is 1. The van der Waals surface area contributed by atoms with Crippen LogP contribution in [0.3, 0.4) is 0 Å². The SMILES string of the molecule is Cc1nnc(CN=C(NCC2CCCO2)NCC2(c3cccc(Cl)c3)CC2)n1C.I. The van der Waals surface area contributed by atoms with Crippen LogP contribution in [0.5, 0.6) is 0 Å². The maximum Gasteiger partial charge on any atom is 0.191 e. The van der Waals surface area contributed by atoms with Crippen molar-refractivity contribution >= 4 is 41.5 Å². The topological polar surface area (TPSA) is 76.4 Å². The summed E-state index contributed by atoms with van der Waals surface area (Å²) in [6.45, 7) is 4.85. The fourth-order valence-corrected chi connectivity index (χ4v) is 3.91. The Balaban J connectivity index is 0.00000256. The van der Waals surface area contributed by atoms with Crippen molar-refractivity contribution in [3.63, 3.8) is 0 Å². The first-order valence-electron chi connectivity index (χ1n) is 10.3. The minimum atomic E-state index is 0. The van der Waals surface area contributed by atoms with E-state index in [1.165, 1.54) is 5.56 Å². The second-order valence-electron chi connectivity index (χ2n) is 8.05. The van der Waals surface area contributed by atoms with Gasteiger partial charge in [0.2, 0.25) is 0 Å². The van der Waals surface area contributed by atoms with E-state index < -0.39 is 0 Å². The first-order valence-corrected chi connectivity index (χ1v) is 10.7. The lowest BCUT2D eigenvalue weighted by atomic mass is 9.96. The molecular formula is C21H30ClIN6O. The lowest BCUT2D eigenvalue weighted by Crippen LogP contribution is -2.44. The number of guanidine groups is 1.